The number of rotatable bonds is 6. The number of alkyl halides is 3. The molecule has 132 valence electrons. The van der Waals surface area contributed by atoms with Gasteiger partial charge in [-0.2, -0.15) is 23.4 Å². The number of unbranched alkanes of at least 4 members (excludes halogenated alkanes) is 1. The van der Waals surface area contributed by atoms with Gasteiger partial charge in [-0.05, 0) is 41.7 Å². The first-order valence-electron chi connectivity index (χ1n) is 7.92. The normalized spacial score (nSPS) is 12.4. The first kappa shape index (κ1) is 18.8. The molecular formula is C19H18F4N2. The second kappa shape index (κ2) is 8.55. The first-order valence-corrected chi connectivity index (χ1v) is 7.92. The highest BCUT2D eigenvalue weighted by molar-refractivity contribution is 5.82. The molecule has 0 saturated carbocycles. The minimum absolute atomic E-state index is 0.206. The molecule has 0 bridgehead atoms. The van der Waals surface area contributed by atoms with Gasteiger partial charge in [0.25, 0.3) is 0 Å². The Bertz CT molecular complexity index is 747. The SMILES string of the molecule is CCCCc1ccc(C=NN=Cc2ccc(C(F)(F)F)c(F)c2)cc1. The summed E-state index contributed by atoms with van der Waals surface area (Å²) in [5.74, 6) is -1.33. The van der Waals surface area contributed by atoms with Crippen molar-refractivity contribution in [1.29, 1.82) is 0 Å². The molecule has 0 N–H and O–H groups in total. The standard InChI is InChI=1S/C19H18F4N2/c1-2-3-4-14-5-7-15(8-6-14)12-24-25-13-16-9-10-17(18(20)11-16)19(21,22)23/h5-13H,2-4H2,1H3. The van der Waals surface area contributed by atoms with Crippen LogP contribution in [-0.2, 0) is 12.6 Å². The smallest absolute Gasteiger partial charge is 0.206 e. The van der Waals surface area contributed by atoms with Gasteiger partial charge in [0, 0.05) is 0 Å². The van der Waals surface area contributed by atoms with E-state index in [0.29, 0.717) is 6.07 Å². The average Bonchev–Trinajstić information content (AvgIpc) is 2.57. The topological polar surface area (TPSA) is 24.7 Å². The number of hydrogen-bond donors (Lipinski definition) is 0. The van der Waals surface area contributed by atoms with Gasteiger partial charge in [0.1, 0.15) is 5.82 Å². The highest BCUT2D eigenvalue weighted by atomic mass is 19.4. The van der Waals surface area contributed by atoms with Crippen molar-refractivity contribution in [3.8, 4) is 0 Å². The summed E-state index contributed by atoms with van der Waals surface area (Å²) in [4.78, 5) is 0. The summed E-state index contributed by atoms with van der Waals surface area (Å²) in [6, 6.07) is 10.5. The number of halogens is 4. The molecule has 0 aliphatic heterocycles. The molecule has 2 aromatic rings. The lowest BCUT2D eigenvalue weighted by atomic mass is 10.1. The van der Waals surface area contributed by atoms with E-state index in [9.17, 15) is 17.6 Å². The monoisotopic (exact) mass is 350 g/mol. The van der Waals surface area contributed by atoms with E-state index in [1.807, 2.05) is 24.3 Å². The Hall–Kier alpha value is -2.50. The molecule has 0 aliphatic carbocycles. The van der Waals surface area contributed by atoms with Crippen LogP contribution in [0.5, 0.6) is 0 Å². The van der Waals surface area contributed by atoms with Crippen LogP contribution in [-0.4, -0.2) is 12.4 Å². The molecule has 0 radical (unpaired) electrons. The molecular weight excluding hydrogens is 332 g/mol. The van der Waals surface area contributed by atoms with E-state index < -0.39 is 17.6 Å². The number of benzene rings is 2. The van der Waals surface area contributed by atoms with Crippen LogP contribution in [0.4, 0.5) is 17.6 Å². The Kier molecular flexibility index (Phi) is 6.44. The second-order valence-electron chi connectivity index (χ2n) is 5.57. The van der Waals surface area contributed by atoms with Crippen LogP contribution in [0.3, 0.4) is 0 Å². The summed E-state index contributed by atoms with van der Waals surface area (Å²) < 4.78 is 50.9. The first-order chi connectivity index (χ1) is 11.9. The van der Waals surface area contributed by atoms with Gasteiger partial charge in [0.15, 0.2) is 0 Å². The maximum Gasteiger partial charge on any atom is 0.419 e. The summed E-state index contributed by atoms with van der Waals surface area (Å²) in [6.07, 6.45) is 1.34. The zero-order chi connectivity index (χ0) is 18.3. The van der Waals surface area contributed by atoms with Gasteiger partial charge < -0.3 is 0 Å². The van der Waals surface area contributed by atoms with E-state index in [-0.39, 0.29) is 5.56 Å². The predicted molar refractivity (Wildman–Crippen MR) is 91.6 cm³/mol. The Balaban J connectivity index is 1.98. The molecule has 0 heterocycles. The average molecular weight is 350 g/mol. The van der Waals surface area contributed by atoms with Crippen molar-refractivity contribution in [2.45, 2.75) is 32.4 Å². The number of hydrogen-bond acceptors (Lipinski definition) is 2. The Morgan fingerprint density at radius 2 is 1.52 bits per heavy atom. The van der Waals surface area contributed by atoms with Crippen molar-refractivity contribution in [3.05, 3.63) is 70.5 Å². The van der Waals surface area contributed by atoms with Crippen LogP contribution >= 0.6 is 0 Å². The van der Waals surface area contributed by atoms with Gasteiger partial charge >= 0.3 is 6.18 Å². The van der Waals surface area contributed by atoms with Crippen LogP contribution in [0.2, 0.25) is 0 Å². The molecule has 0 amide bonds. The minimum Gasteiger partial charge on any atom is -0.206 e. The zero-order valence-electron chi connectivity index (χ0n) is 13.7. The lowest BCUT2D eigenvalue weighted by Gasteiger charge is -2.07. The summed E-state index contributed by atoms with van der Waals surface area (Å²) in [6.45, 7) is 2.14. The Labute approximate surface area is 143 Å². The fourth-order valence-electron chi connectivity index (χ4n) is 2.19. The maximum absolute atomic E-state index is 13.4. The van der Waals surface area contributed by atoms with Crippen LogP contribution in [0.25, 0.3) is 0 Å². The Morgan fingerprint density at radius 1 is 0.920 bits per heavy atom. The minimum atomic E-state index is -4.71. The third-order valence-electron chi connectivity index (χ3n) is 3.58. The van der Waals surface area contributed by atoms with Crippen molar-refractivity contribution in [3.63, 3.8) is 0 Å². The lowest BCUT2D eigenvalue weighted by molar-refractivity contribution is -0.140. The largest absolute Gasteiger partial charge is 0.419 e. The summed E-state index contributed by atoms with van der Waals surface area (Å²) in [5.41, 5.74) is 1.02. The molecule has 0 atom stereocenters. The molecule has 0 aliphatic rings. The van der Waals surface area contributed by atoms with Gasteiger partial charge in [0.2, 0.25) is 0 Å². The highest BCUT2D eigenvalue weighted by Gasteiger charge is 2.33. The molecule has 0 saturated heterocycles. The van der Waals surface area contributed by atoms with E-state index >= 15 is 0 Å². The van der Waals surface area contributed by atoms with Gasteiger partial charge in [0.05, 0.1) is 18.0 Å². The molecule has 0 spiro atoms. The molecule has 2 nitrogen and oxygen atoms in total. The maximum atomic E-state index is 13.4. The lowest BCUT2D eigenvalue weighted by Crippen LogP contribution is -2.08. The number of nitrogens with zero attached hydrogens (tertiary/aromatic N) is 2. The van der Waals surface area contributed by atoms with Gasteiger partial charge in [-0.15, -0.1) is 0 Å². The Morgan fingerprint density at radius 3 is 2.08 bits per heavy atom. The molecule has 6 heteroatoms. The zero-order valence-corrected chi connectivity index (χ0v) is 13.7. The van der Waals surface area contributed by atoms with E-state index in [4.69, 9.17) is 0 Å². The summed E-state index contributed by atoms with van der Waals surface area (Å²) >= 11 is 0. The van der Waals surface area contributed by atoms with Crippen LogP contribution < -0.4 is 0 Å². The van der Waals surface area contributed by atoms with Crippen LogP contribution in [0, 0.1) is 5.82 Å². The van der Waals surface area contributed by atoms with Crippen molar-refractivity contribution >= 4 is 12.4 Å². The van der Waals surface area contributed by atoms with Crippen molar-refractivity contribution in [1.82, 2.24) is 0 Å². The van der Waals surface area contributed by atoms with Gasteiger partial charge in [-0.25, -0.2) is 4.39 Å². The fraction of sp³-hybridized carbons (Fsp3) is 0.263. The summed E-state index contributed by atoms with van der Waals surface area (Å²) in [7, 11) is 0. The predicted octanol–water partition coefficient (Wildman–Crippen LogP) is 5.64. The van der Waals surface area contributed by atoms with E-state index in [0.717, 1.165) is 37.0 Å². The molecule has 2 aromatic carbocycles. The molecule has 2 rings (SSSR count). The van der Waals surface area contributed by atoms with Crippen molar-refractivity contribution in [2.75, 3.05) is 0 Å². The van der Waals surface area contributed by atoms with E-state index in [1.54, 1.807) is 0 Å². The molecule has 0 fully saturated rings. The molecule has 0 aromatic heterocycles. The number of aryl methyl sites for hydroxylation is 1. The van der Waals surface area contributed by atoms with Crippen molar-refractivity contribution < 1.29 is 17.6 Å². The highest BCUT2D eigenvalue weighted by Crippen LogP contribution is 2.31. The van der Waals surface area contributed by atoms with Crippen LogP contribution in [0.1, 0.15) is 42.0 Å². The van der Waals surface area contributed by atoms with Gasteiger partial charge in [-0.3, -0.25) is 0 Å². The third-order valence-corrected chi connectivity index (χ3v) is 3.58. The molecule has 25 heavy (non-hydrogen) atoms. The third kappa shape index (κ3) is 5.81. The van der Waals surface area contributed by atoms with E-state index in [2.05, 4.69) is 17.1 Å². The second-order valence-corrected chi connectivity index (χ2v) is 5.57. The quantitative estimate of drug-likeness (QED) is 0.366. The van der Waals surface area contributed by atoms with Gasteiger partial charge in [-0.1, -0.05) is 43.7 Å². The van der Waals surface area contributed by atoms with Crippen molar-refractivity contribution in [2.24, 2.45) is 10.2 Å². The fourth-order valence-corrected chi connectivity index (χ4v) is 2.19. The summed E-state index contributed by atoms with van der Waals surface area (Å²) in [5, 5.41) is 7.57. The van der Waals surface area contributed by atoms with Crippen LogP contribution in [0.15, 0.2) is 52.7 Å². The van der Waals surface area contributed by atoms with E-state index in [1.165, 1.54) is 18.0 Å². The molecule has 0 unspecified atom stereocenters.